The highest BCUT2D eigenvalue weighted by atomic mass is 35.5. The summed E-state index contributed by atoms with van der Waals surface area (Å²) in [5, 5.41) is 0.766. The lowest BCUT2D eigenvalue weighted by Crippen LogP contribution is -2.43. The van der Waals surface area contributed by atoms with Gasteiger partial charge in [0.15, 0.2) is 0 Å². The molecule has 1 aliphatic heterocycles. The molecule has 1 saturated heterocycles. The standard InChI is InChI=1S/C23H26ClN3/c1-18-20(17-26-14-12-25(2)13-15-26)16-23(19-6-4-3-5-7-19)27(18)22-10-8-21(24)9-11-22/h3-11,16H,12-15,17H2,1-2H3. The fourth-order valence-electron chi connectivity index (χ4n) is 3.81. The molecule has 3 aromatic rings. The summed E-state index contributed by atoms with van der Waals surface area (Å²) >= 11 is 6.12. The molecule has 2 aromatic carbocycles. The van der Waals surface area contributed by atoms with Gasteiger partial charge in [-0.15, -0.1) is 0 Å². The van der Waals surface area contributed by atoms with Gasteiger partial charge in [-0.2, -0.15) is 0 Å². The van der Waals surface area contributed by atoms with E-state index in [1.165, 1.54) is 22.5 Å². The highest BCUT2D eigenvalue weighted by Gasteiger charge is 2.19. The summed E-state index contributed by atoms with van der Waals surface area (Å²) in [5.74, 6) is 0. The fourth-order valence-corrected chi connectivity index (χ4v) is 3.94. The lowest BCUT2D eigenvalue weighted by molar-refractivity contribution is 0.148. The molecule has 0 aliphatic carbocycles. The fraction of sp³-hybridized carbons (Fsp3) is 0.304. The molecule has 4 heteroatoms. The van der Waals surface area contributed by atoms with Crippen LogP contribution in [0.2, 0.25) is 5.02 Å². The van der Waals surface area contributed by atoms with E-state index in [2.05, 4.69) is 76.9 Å². The Balaban J connectivity index is 1.74. The molecule has 0 amide bonds. The first kappa shape index (κ1) is 18.3. The number of benzene rings is 2. The maximum absolute atomic E-state index is 6.12. The van der Waals surface area contributed by atoms with Crippen LogP contribution in [0, 0.1) is 6.92 Å². The van der Waals surface area contributed by atoms with Gasteiger partial charge in [0, 0.05) is 49.1 Å². The first-order valence-electron chi connectivity index (χ1n) is 9.55. The van der Waals surface area contributed by atoms with Crippen LogP contribution in [0.1, 0.15) is 11.3 Å². The van der Waals surface area contributed by atoms with E-state index in [0.29, 0.717) is 0 Å². The second-order valence-corrected chi connectivity index (χ2v) is 7.83. The van der Waals surface area contributed by atoms with Crippen molar-refractivity contribution >= 4 is 11.6 Å². The van der Waals surface area contributed by atoms with Crippen molar-refractivity contribution in [2.24, 2.45) is 0 Å². The van der Waals surface area contributed by atoms with Crippen LogP contribution in [0.3, 0.4) is 0 Å². The van der Waals surface area contributed by atoms with Gasteiger partial charge in [-0.05, 0) is 55.4 Å². The van der Waals surface area contributed by atoms with E-state index in [1.54, 1.807) is 0 Å². The number of hydrogen-bond acceptors (Lipinski definition) is 2. The average Bonchev–Trinajstić information content (AvgIpc) is 3.01. The van der Waals surface area contributed by atoms with Crippen molar-refractivity contribution in [1.29, 1.82) is 0 Å². The van der Waals surface area contributed by atoms with Gasteiger partial charge >= 0.3 is 0 Å². The maximum atomic E-state index is 6.12. The first-order valence-corrected chi connectivity index (χ1v) is 9.93. The molecular formula is C23H26ClN3. The molecular weight excluding hydrogens is 354 g/mol. The summed E-state index contributed by atoms with van der Waals surface area (Å²) in [6.45, 7) is 7.77. The lowest BCUT2D eigenvalue weighted by Gasteiger charge is -2.32. The Morgan fingerprint density at radius 3 is 2.22 bits per heavy atom. The first-order chi connectivity index (χ1) is 13.1. The number of piperazine rings is 1. The van der Waals surface area contributed by atoms with Crippen LogP contribution >= 0.6 is 11.6 Å². The van der Waals surface area contributed by atoms with Gasteiger partial charge in [-0.1, -0.05) is 41.9 Å². The molecule has 0 unspecified atom stereocenters. The van der Waals surface area contributed by atoms with Gasteiger partial charge in [0.2, 0.25) is 0 Å². The van der Waals surface area contributed by atoms with E-state index in [0.717, 1.165) is 43.4 Å². The number of halogens is 1. The topological polar surface area (TPSA) is 11.4 Å². The molecule has 140 valence electrons. The predicted molar refractivity (Wildman–Crippen MR) is 114 cm³/mol. The van der Waals surface area contributed by atoms with Crippen LogP contribution < -0.4 is 0 Å². The summed E-state index contributed by atoms with van der Waals surface area (Å²) < 4.78 is 2.36. The zero-order valence-corrected chi connectivity index (χ0v) is 16.8. The Labute approximate surface area is 166 Å². The van der Waals surface area contributed by atoms with E-state index >= 15 is 0 Å². The normalized spacial score (nSPS) is 16.0. The van der Waals surface area contributed by atoms with Gasteiger partial charge < -0.3 is 9.47 Å². The summed E-state index contributed by atoms with van der Waals surface area (Å²) in [5.41, 5.74) is 6.32. The SMILES string of the molecule is Cc1c(CN2CCN(C)CC2)cc(-c2ccccc2)n1-c1ccc(Cl)cc1. The third-order valence-electron chi connectivity index (χ3n) is 5.50. The third kappa shape index (κ3) is 3.96. The Morgan fingerprint density at radius 1 is 0.889 bits per heavy atom. The van der Waals surface area contributed by atoms with Crippen molar-refractivity contribution in [3.63, 3.8) is 0 Å². The minimum atomic E-state index is 0.766. The van der Waals surface area contributed by atoms with Crippen molar-refractivity contribution in [1.82, 2.24) is 14.4 Å². The van der Waals surface area contributed by atoms with Crippen LogP contribution in [0.5, 0.6) is 0 Å². The molecule has 3 nitrogen and oxygen atoms in total. The lowest BCUT2D eigenvalue weighted by atomic mass is 10.1. The molecule has 4 rings (SSSR count). The van der Waals surface area contributed by atoms with Crippen molar-refractivity contribution in [3.05, 3.63) is 76.9 Å². The minimum Gasteiger partial charge on any atom is -0.314 e. The Kier molecular flexibility index (Phi) is 5.35. The maximum Gasteiger partial charge on any atom is 0.0534 e. The third-order valence-corrected chi connectivity index (χ3v) is 5.75. The Bertz CT molecular complexity index is 891. The second-order valence-electron chi connectivity index (χ2n) is 7.40. The zero-order chi connectivity index (χ0) is 18.8. The molecule has 2 heterocycles. The zero-order valence-electron chi connectivity index (χ0n) is 16.0. The summed E-state index contributed by atoms with van der Waals surface area (Å²) in [7, 11) is 2.20. The van der Waals surface area contributed by atoms with Gasteiger partial charge in [0.05, 0.1) is 5.69 Å². The predicted octanol–water partition coefficient (Wildman–Crippen LogP) is 4.85. The smallest absolute Gasteiger partial charge is 0.0534 e. The number of likely N-dealkylation sites (N-methyl/N-ethyl adjacent to an activating group) is 1. The summed E-state index contributed by atoms with van der Waals surface area (Å²) in [6.07, 6.45) is 0. The molecule has 0 N–H and O–H groups in total. The van der Waals surface area contributed by atoms with Gasteiger partial charge in [0.25, 0.3) is 0 Å². The van der Waals surface area contributed by atoms with Crippen molar-refractivity contribution in [2.45, 2.75) is 13.5 Å². The van der Waals surface area contributed by atoms with E-state index in [1.807, 2.05) is 12.1 Å². The second kappa shape index (κ2) is 7.89. The largest absolute Gasteiger partial charge is 0.314 e. The molecule has 1 aliphatic rings. The molecule has 0 bridgehead atoms. The molecule has 0 radical (unpaired) electrons. The highest BCUT2D eigenvalue weighted by Crippen LogP contribution is 2.30. The molecule has 0 atom stereocenters. The van der Waals surface area contributed by atoms with Gasteiger partial charge in [0.1, 0.15) is 0 Å². The van der Waals surface area contributed by atoms with Crippen LogP contribution in [-0.2, 0) is 6.54 Å². The van der Waals surface area contributed by atoms with Gasteiger partial charge in [-0.3, -0.25) is 4.90 Å². The molecule has 1 aromatic heterocycles. The Hall–Kier alpha value is -2.07. The average molecular weight is 380 g/mol. The molecule has 0 spiro atoms. The number of nitrogens with zero attached hydrogens (tertiary/aromatic N) is 3. The molecule has 1 fully saturated rings. The van der Waals surface area contributed by atoms with E-state index in [-0.39, 0.29) is 0 Å². The van der Waals surface area contributed by atoms with Crippen LogP contribution in [0.4, 0.5) is 0 Å². The summed E-state index contributed by atoms with van der Waals surface area (Å²) in [6, 6.07) is 21.1. The summed E-state index contributed by atoms with van der Waals surface area (Å²) in [4.78, 5) is 4.96. The van der Waals surface area contributed by atoms with E-state index in [9.17, 15) is 0 Å². The van der Waals surface area contributed by atoms with Crippen molar-refractivity contribution in [3.8, 4) is 16.9 Å². The number of hydrogen-bond donors (Lipinski definition) is 0. The number of aromatic nitrogens is 1. The highest BCUT2D eigenvalue weighted by molar-refractivity contribution is 6.30. The van der Waals surface area contributed by atoms with Crippen molar-refractivity contribution in [2.75, 3.05) is 33.2 Å². The van der Waals surface area contributed by atoms with Crippen LogP contribution in [-0.4, -0.2) is 47.6 Å². The molecule has 27 heavy (non-hydrogen) atoms. The van der Waals surface area contributed by atoms with Gasteiger partial charge in [-0.25, -0.2) is 0 Å². The van der Waals surface area contributed by atoms with E-state index < -0.39 is 0 Å². The number of rotatable bonds is 4. The minimum absolute atomic E-state index is 0.766. The van der Waals surface area contributed by atoms with E-state index in [4.69, 9.17) is 11.6 Å². The van der Waals surface area contributed by atoms with Crippen LogP contribution in [0.15, 0.2) is 60.7 Å². The van der Waals surface area contributed by atoms with Crippen LogP contribution in [0.25, 0.3) is 16.9 Å². The quantitative estimate of drug-likeness (QED) is 0.641. The Morgan fingerprint density at radius 2 is 1.56 bits per heavy atom. The van der Waals surface area contributed by atoms with Crippen molar-refractivity contribution < 1.29 is 0 Å². The monoisotopic (exact) mass is 379 g/mol. The molecule has 0 saturated carbocycles.